The van der Waals surface area contributed by atoms with Gasteiger partial charge in [-0.2, -0.15) is 5.26 Å². The van der Waals surface area contributed by atoms with Crippen molar-refractivity contribution >= 4 is 5.97 Å². The summed E-state index contributed by atoms with van der Waals surface area (Å²) in [4.78, 5) is 13.2. The molecule has 0 bridgehead atoms. The van der Waals surface area contributed by atoms with E-state index in [0.29, 0.717) is 6.04 Å². The highest BCUT2D eigenvalue weighted by Gasteiger charge is 2.28. The van der Waals surface area contributed by atoms with Crippen molar-refractivity contribution in [2.24, 2.45) is 0 Å². The fourth-order valence-corrected chi connectivity index (χ4v) is 2.11. The second-order valence-corrected chi connectivity index (χ2v) is 3.99. The molecule has 1 aliphatic rings. The van der Waals surface area contributed by atoms with Crippen molar-refractivity contribution in [2.45, 2.75) is 44.7 Å². The first-order valence-electron chi connectivity index (χ1n) is 5.41. The Balaban J connectivity index is 2.60. The van der Waals surface area contributed by atoms with Crippen molar-refractivity contribution in [3.8, 4) is 6.07 Å². The SMILES string of the molecule is COC(=O)CN(C(C)C#N)C1CCCC1. The Kier molecular flexibility index (Phi) is 4.57. The number of carbonyl (C=O) groups excluding carboxylic acids is 1. The third kappa shape index (κ3) is 3.21. The Labute approximate surface area is 90.8 Å². The first-order chi connectivity index (χ1) is 7.19. The van der Waals surface area contributed by atoms with Crippen molar-refractivity contribution < 1.29 is 9.53 Å². The average molecular weight is 210 g/mol. The van der Waals surface area contributed by atoms with Crippen LogP contribution < -0.4 is 0 Å². The predicted octanol–water partition coefficient (Wildman–Crippen LogP) is 1.32. The molecule has 15 heavy (non-hydrogen) atoms. The highest BCUT2D eigenvalue weighted by atomic mass is 16.5. The number of hydrogen-bond acceptors (Lipinski definition) is 4. The molecular weight excluding hydrogens is 192 g/mol. The van der Waals surface area contributed by atoms with Crippen molar-refractivity contribution in [1.29, 1.82) is 5.26 Å². The third-order valence-corrected chi connectivity index (χ3v) is 3.02. The van der Waals surface area contributed by atoms with Gasteiger partial charge in [0.25, 0.3) is 0 Å². The number of hydrogen-bond donors (Lipinski definition) is 0. The van der Waals surface area contributed by atoms with Crippen LogP contribution in [0.4, 0.5) is 0 Å². The average Bonchev–Trinajstić information content (AvgIpc) is 2.77. The summed E-state index contributed by atoms with van der Waals surface area (Å²) in [6.45, 7) is 2.07. The van der Waals surface area contributed by atoms with Gasteiger partial charge in [-0.05, 0) is 19.8 Å². The van der Waals surface area contributed by atoms with E-state index < -0.39 is 0 Å². The Morgan fingerprint density at radius 1 is 1.60 bits per heavy atom. The zero-order chi connectivity index (χ0) is 11.3. The summed E-state index contributed by atoms with van der Waals surface area (Å²) in [7, 11) is 1.38. The standard InChI is InChI=1S/C11H18N2O2/c1-9(7-12)13(8-11(14)15-2)10-5-3-4-6-10/h9-10H,3-6,8H2,1-2H3. The summed E-state index contributed by atoms with van der Waals surface area (Å²) in [5.41, 5.74) is 0. The van der Waals surface area contributed by atoms with E-state index in [1.807, 2.05) is 11.8 Å². The fourth-order valence-electron chi connectivity index (χ4n) is 2.11. The molecule has 0 aromatic carbocycles. The van der Waals surface area contributed by atoms with Gasteiger partial charge in [-0.25, -0.2) is 0 Å². The highest BCUT2D eigenvalue weighted by molar-refractivity contribution is 5.71. The van der Waals surface area contributed by atoms with Gasteiger partial charge in [-0.1, -0.05) is 12.8 Å². The molecule has 1 atom stereocenters. The molecule has 0 saturated heterocycles. The van der Waals surface area contributed by atoms with E-state index in [2.05, 4.69) is 10.8 Å². The second kappa shape index (κ2) is 5.72. The van der Waals surface area contributed by atoms with Crippen LogP contribution in [0.5, 0.6) is 0 Å². The lowest BCUT2D eigenvalue weighted by Crippen LogP contribution is -2.43. The van der Waals surface area contributed by atoms with Crippen LogP contribution in [0.25, 0.3) is 0 Å². The van der Waals surface area contributed by atoms with Crippen LogP contribution in [0.2, 0.25) is 0 Å². The lowest BCUT2D eigenvalue weighted by atomic mass is 10.1. The maximum Gasteiger partial charge on any atom is 0.319 e. The van der Waals surface area contributed by atoms with Gasteiger partial charge in [0, 0.05) is 6.04 Å². The molecule has 1 rings (SSSR count). The molecule has 4 nitrogen and oxygen atoms in total. The van der Waals surface area contributed by atoms with E-state index in [4.69, 9.17) is 5.26 Å². The minimum atomic E-state index is -0.260. The van der Waals surface area contributed by atoms with Gasteiger partial charge in [0.1, 0.15) is 0 Å². The summed E-state index contributed by atoms with van der Waals surface area (Å²) in [6, 6.07) is 2.35. The second-order valence-electron chi connectivity index (χ2n) is 3.99. The molecule has 0 radical (unpaired) electrons. The van der Waals surface area contributed by atoms with Crippen molar-refractivity contribution in [2.75, 3.05) is 13.7 Å². The summed E-state index contributed by atoms with van der Waals surface area (Å²) in [6.07, 6.45) is 4.56. The summed E-state index contributed by atoms with van der Waals surface area (Å²) in [5.74, 6) is -0.260. The Hall–Kier alpha value is -1.08. The largest absolute Gasteiger partial charge is 0.468 e. The monoisotopic (exact) mass is 210 g/mol. The number of ether oxygens (including phenoxy) is 1. The van der Waals surface area contributed by atoms with Crippen molar-refractivity contribution in [3.05, 3.63) is 0 Å². The lowest BCUT2D eigenvalue weighted by molar-refractivity contribution is -0.142. The van der Waals surface area contributed by atoms with Crippen LogP contribution in [0.1, 0.15) is 32.6 Å². The fraction of sp³-hybridized carbons (Fsp3) is 0.818. The molecule has 1 saturated carbocycles. The molecule has 4 heteroatoms. The van der Waals surface area contributed by atoms with Gasteiger partial charge < -0.3 is 4.74 Å². The molecule has 1 unspecified atom stereocenters. The highest BCUT2D eigenvalue weighted by Crippen LogP contribution is 2.24. The lowest BCUT2D eigenvalue weighted by Gasteiger charge is -2.29. The molecule has 0 amide bonds. The number of methoxy groups -OCH3 is 1. The van der Waals surface area contributed by atoms with Gasteiger partial charge in [-0.15, -0.1) is 0 Å². The molecule has 0 aromatic heterocycles. The Bertz CT molecular complexity index is 254. The van der Waals surface area contributed by atoms with Crippen LogP contribution in [-0.2, 0) is 9.53 Å². The van der Waals surface area contributed by atoms with E-state index in [1.165, 1.54) is 20.0 Å². The molecular formula is C11H18N2O2. The van der Waals surface area contributed by atoms with Crippen LogP contribution >= 0.6 is 0 Å². The summed E-state index contributed by atoms with van der Waals surface area (Å²) >= 11 is 0. The number of rotatable bonds is 4. The molecule has 1 aliphatic carbocycles. The Morgan fingerprint density at radius 3 is 2.67 bits per heavy atom. The van der Waals surface area contributed by atoms with Crippen molar-refractivity contribution in [1.82, 2.24) is 4.90 Å². The molecule has 0 aliphatic heterocycles. The van der Waals surface area contributed by atoms with E-state index in [0.717, 1.165) is 12.8 Å². The number of carbonyl (C=O) groups is 1. The third-order valence-electron chi connectivity index (χ3n) is 3.02. The topological polar surface area (TPSA) is 53.3 Å². The predicted molar refractivity (Wildman–Crippen MR) is 56.1 cm³/mol. The van der Waals surface area contributed by atoms with Crippen LogP contribution in [0.3, 0.4) is 0 Å². The van der Waals surface area contributed by atoms with E-state index in [9.17, 15) is 4.79 Å². The van der Waals surface area contributed by atoms with Crippen LogP contribution in [0, 0.1) is 11.3 Å². The summed E-state index contributed by atoms with van der Waals surface area (Å²) < 4.78 is 4.64. The van der Waals surface area contributed by atoms with Crippen molar-refractivity contribution in [3.63, 3.8) is 0 Å². The van der Waals surface area contributed by atoms with Gasteiger partial charge in [0.05, 0.1) is 25.8 Å². The molecule has 0 N–H and O–H groups in total. The van der Waals surface area contributed by atoms with Gasteiger partial charge in [0.2, 0.25) is 0 Å². The van der Waals surface area contributed by atoms with Crippen LogP contribution in [0.15, 0.2) is 0 Å². The van der Waals surface area contributed by atoms with Crippen LogP contribution in [-0.4, -0.2) is 36.6 Å². The van der Waals surface area contributed by atoms with E-state index >= 15 is 0 Å². The van der Waals surface area contributed by atoms with E-state index in [1.54, 1.807) is 0 Å². The van der Waals surface area contributed by atoms with Gasteiger partial charge in [-0.3, -0.25) is 9.69 Å². The molecule has 0 heterocycles. The minimum absolute atomic E-state index is 0.216. The summed E-state index contributed by atoms with van der Waals surface area (Å²) in [5, 5.41) is 8.91. The zero-order valence-corrected chi connectivity index (χ0v) is 9.40. The molecule has 84 valence electrons. The first kappa shape index (κ1) is 12.0. The first-order valence-corrected chi connectivity index (χ1v) is 5.41. The maximum absolute atomic E-state index is 11.2. The normalized spacial score (nSPS) is 18.8. The van der Waals surface area contributed by atoms with E-state index in [-0.39, 0.29) is 18.6 Å². The molecule has 0 spiro atoms. The minimum Gasteiger partial charge on any atom is -0.468 e. The number of nitriles is 1. The number of nitrogens with zero attached hydrogens (tertiary/aromatic N) is 2. The molecule has 1 fully saturated rings. The number of esters is 1. The molecule has 0 aromatic rings. The van der Waals surface area contributed by atoms with Gasteiger partial charge in [0.15, 0.2) is 0 Å². The van der Waals surface area contributed by atoms with Gasteiger partial charge >= 0.3 is 5.97 Å². The maximum atomic E-state index is 11.2. The zero-order valence-electron chi connectivity index (χ0n) is 9.40. The Morgan fingerprint density at radius 2 is 2.20 bits per heavy atom. The quantitative estimate of drug-likeness (QED) is 0.657. The smallest absolute Gasteiger partial charge is 0.319 e.